The van der Waals surface area contributed by atoms with E-state index in [1.165, 1.54) is 5.56 Å². The lowest BCUT2D eigenvalue weighted by Gasteiger charge is -2.20. The third-order valence-corrected chi connectivity index (χ3v) is 2.98. The fraction of sp³-hybridized carbons (Fsp3) is 0.667. The second kappa shape index (κ2) is 5.21. The monoisotopic (exact) mass is 207 g/mol. The molecule has 15 heavy (non-hydrogen) atoms. The highest BCUT2D eigenvalue weighted by atomic mass is 15.1. The highest BCUT2D eigenvalue weighted by Gasteiger charge is 2.17. The van der Waals surface area contributed by atoms with Gasteiger partial charge in [0.15, 0.2) is 0 Å². The molecule has 0 saturated heterocycles. The average Bonchev–Trinajstić information content (AvgIpc) is 2.27. The lowest BCUT2D eigenvalue weighted by Crippen LogP contribution is -2.21. The molecule has 1 aromatic rings. The summed E-state index contributed by atoms with van der Waals surface area (Å²) in [6, 6.07) is 2.15. The van der Waals surface area contributed by atoms with Crippen LogP contribution in [0, 0.1) is 12.8 Å². The Hall–Kier alpha value is -0.960. The van der Waals surface area contributed by atoms with Gasteiger partial charge in [0.2, 0.25) is 0 Å². The predicted molar refractivity (Wildman–Crippen MR) is 62.5 cm³/mol. The molecule has 0 bridgehead atoms. The zero-order valence-corrected chi connectivity index (χ0v) is 10.1. The first-order valence-corrected chi connectivity index (χ1v) is 5.68. The molecule has 3 heteroatoms. The Bertz CT molecular complexity index is 323. The molecular formula is C12H21N3. The summed E-state index contributed by atoms with van der Waals surface area (Å²) >= 11 is 0. The second-order valence-electron chi connectivity index (χ2n) is 4.15. The van der Waals surface area contributed by atoms with Gasteiger partial charge in [0, 0.05) is 6.04 Å². The zero-order valence-electron chi connectivity index (χ0n) is 10.1. The van der Waals surface area contributed by atoms with E-state index in [1.54, 1.807) is 0 Å². The lowest BCUT2D eigenvalue weighted by atomic mass is 9.92. The first-order chi connectivity index (χ1) is 7.10. The molecule has 3 nitrogen and oxygen atoms in total. The number of nitrogens with two attached hydrogens (primary N) is 1. The van der Waals surface area contributed by atoms with Crippen LogP contribution in [0.3, 0.4) is 0 Å². The van der Waals surface area contributed by atoms with Crippen molar-refractivity contribution in [3.05, 3.63) is 23.0 Å². The van der Waals surface area contributed by atoms with E-state index < -0.39 is 0 Å². The molecule has 0 spiro atoms. The van der Waals surface area contributed by atoms with Crippen LogP contribution in [-0.2, 0) is 6.42 Å². The average molecular weight is 207 g/mol. The number of hydrogen-bond acceptors (Lipinski definition) is 3. The van der Waals surface area contributed by atoms with Gasteiger partial charge in [-0.3, -0.25) is 0 Å². The zero-order chi connectivity index (χ0) is 11.4. The smallest absolute Gasteiger partial charge is 0.0676 e. The fourth-order valence-corrected chi connectivity index (χ4v) is 1.66. The molecule has 0 aliphatic rings. The minimum Gasteiger partial charge on any atom is -0.324 e. The molecule has 0 amide bonds. The van der Waals surface area contributed by atoms with Crippen molar-refractivity contribution in [2.45, 2.75) is 46.6 Å². The van der Waals surface area contributed by atoms with E-state index in [0.717, 1.165) is 24.2 Å². The molecule has 2 atom stereocenters. The number of aromatic nitrogens is 2. The van der Waals surface area contributed by atoms with Gasteiger partial charge in [-0.05, 0) is 30.9 Å². The van der Waals surface area contributed by atoms with Crippen LogP contribution in [0.2, 0.25) is 0 Å². The molecule has 1 heterocycles. The Morgan fingerprint density at radius 1 is 1.33 bits per heavy atom. The summed E-state index contributed by atoms with van der Waals surface area (Å²) in [5, 5.41) is 8.28. The van der Waals surface area contributed by atoms with Gasteiger partial charge in [-0.15, -0.1) is 0 Å². The largest absolute Gasteiger partial charge is 0.324 e. The molecule has 0 fully saturated rings. The SMILES string of the molecule is CCc1nnc(C)cc1C(N)C(C)CC. The molecule has 2 unspecified atom stereocenters. The Kier molecular flexibility index (Phi) is 4.21. The van der Waals surface area contributed by atoms with E-state index in [1.807, 2.05) is 6.92 Å². The van der Waals surface area contributed by atoms with Crippen molar-refractivity contribution in [2.24, 2.45) is 11.7 Å². The van der Waals surface area contributed by atoms with Crippen LogP contribution in [0.4, 0.5) is 0 Å². The topological polar surface area (TPSA) is 51.8 Å². The van der Waals surface area contributed by atoms with Crippen LogP contribution in [0.5, 0.6) is 0 Å². The van der Waals surface area contributed by atoms with Gasteiger partial charge in [0.1, 0.15) is 0 Å². The summed E-state index contributed by atoms with van der Waals surface area (Å²) < 4.78 is 0. The summed E-state index contributed by atoms with van der Waals surface area (Å²) in [6.45, 7) is 8.39. The molecule has 0 radical (unpaired) electrons. The second-order valence-corrected chi connectivity index (χ2v) is 4.15. The van der Waals surface area contributed by atoms with Crippen LogP contribution in [0.15, 0.2) is 6.07 Å². The summed E-state index contributed by atoms with van der Waals surface area (Å²) in [6.07, 6.45) is 1.98. The van der Waals surface area contributed by atoms with E-state index in [2.05, 4.69) is 37.0 Å². The van der Waals surface area contributed by atoms with Crippen LogP contribution in [-0.4, -0.2) is 10.2 Å². The van der Waals surface area contributed by atoms with E-state index in [9.17, 15) is 0 Å². The first-order valence-electron chi connectivity index (χ1n) is 5.68. The maximum Gasteiger partial charge on any atom is 0.0676 e. The summed E-state index contributed by atoms with van der Waals surface area (Å²) in [4.78, 5) is 0. The molecule has 1 rings (SSSR count). The predicted octanol–water partition coefficient (Wildman–Crippen LogP) is 2.39. The van der Waals surface area contributed by atoms with E-state index in [4.69, 9.17) is 5.73 Å². The van der Waals surface area contributed by atoms with Crippen molar-refractivity contribution >= 4 is 0 Å². The van der Waals surface area contributed by atoms with Crippen molar-refractivity contribution in [3.8, 4) is 0 Å². The number of hydrogen-bond donors (Lipinski definition) is 1. The lowest BCUT2D eigenvalue weighted by molar-refractivity contribution is 0.451. The quantitative estimate of drug-likeness (QED) is 0.824. The molecule has 0 saturated carbocycles. The number of rotatable bonds is 4. The van der Waals surface area contributed by atoms with Gasteiger partial charge in [-0.25, -0.2) is 0 Å². The van der Waals surface area contributed by atoms with E-state index in [-0.39, 0.29) is 6.04 Å². The highest BCUT2D eigenvalue weighted by molar-refractivity contribution is 5.24. The van der Waals surface area contributed by atoms with Crippen molar-refractivity contribution in [1.82, 2.24) is 10.2 Å². The van der Waals surface area contributed by atoms with Gasteiger partial charge in [0.25, 0.3) is 0 Å². The van der Waals surface area contributed by atoms with Crippen molar-refractivity contribution in [3.63, 3.8) is 0 Å². The summed E-state index contributed by atoms with van der Waals surface area (Å²) in [5.74, 6) is 0.485. The van der Waals surface area contributed by atoms with Crippen LogP contribution < -0.4 is 5.73 Å². The van der Waals surface area contributed by atoms with E-state index >= 15 is 0 Å². The minimum atomic E-state index is 0.0825. The molecule has 0 aliphatic heterocycles. The highest BCUT2D eigenvalue weighted by Crippen LogP contribution is 2.24. The fourth-order valence-electron chi connectivity index (χ4n) is 1.66. The van der Waals surface area contributed by atoms with Gasteiger partial charge >= 0.3 is 0 Å². The van der Waals surface area contributed by atoms with Crippen LogP contribution in [0.25, 0.3) is 0 Å². The van der Waals surface area contributed by atoms with Crippen molar-refractivity contribution in [2.75, 3.05) is 0 Å². The van der Waals surface area contributed by atoms with Gasteiger partial charge in [0.05, 0.1) is 11.4 Å². The molecule has 0 aliphatic carbocycles. The Morgan fingerprint density at radius 2 is 2.00 bits per heavy atom. The Morgan fingerprint density at radius 3 is 2.53 bits per heavy atom. The first kappa shape index (κ1) is 12.1. The number of aryl methyl sites for hydroxylation is 2. The molecular weight excluding hydrogens is 186 g/mol. The maximum absolute atomic E-state index is 6.23. The maximum atomic E-state index is 6.23. The van der Waals surface area contributed by atoms with Crippen LogP contribution >= 0.6 is 0 Å². The van der Waals surface area contributed by atoms with Crippen molar-refractivity contribution < 1.29 is 0 Å². The van der Waals surface area contributed by atoms with Gasteiger partial charge in [-0.2, -0.15) is 10.2 Å². The third-order valence-electron chi connectivity index (χ3n) is 2.98. The minimum absolute atomic E-state index is 0.0825. The molecule has 84 valence electrons. The summed E-state index contributed by atoms with van der Waals surface area (Å²) in [7, 11) is 0. The van der Waals surface area contributed by atoms with Crippen molar-refractivity contribution in [1.29, 1.82) is 0 Å². The Balaban J connectivity index is 3.05. The Labute approximate surface area is 92.1 Å². The van der Waals surface area contributed by atoms with E-state index in [0.29, 0.717) is 5.92 Å². The molecule has 0 aromatic carbocycles. The number of nitrogens with zero attached hydrogens (tertiary/aromatic N) is 2. The summed E-state index contributed by atoms with van der Waals surface area (Å²) in [5.41, 5.74) is 9.37. The molecule has 1 aromatic heterocycles. The third kappa shape index (κ3) is 2.75. The van der Waals surface area contributed by atoms with Crippen LogP contribution in [0.1, 0.15) is 50.2 Å². The van der Waals surface area contributed by atoms with Gasteiger partial charge < -0.3 is 5.73 Å². The standard InChI is InChI=1S/C12H21N3/c1-5-8(3)12(13)10-7-9(4)14-15-11(10)6-2/h7-8,12H,5-6,13H2,1-4H3. The molecule has 2 N–H and O–H groups in total. The normalized spacial score (nSPS) is 15.0. The van der Waals surface area contributed by atoms with Gasteiger partial charge in [-0.1, -0.05) is 27.2 Å².